The predicted octanol–water partition coefficient (Wildman–Crippen LogP) is 2.88. The van der Waals surface area contributed by atoms with E-state index in [1.54, 1.807) is 0 Å². The standard InChI is InChI=1S/C21H25NO6S/c1-12-9-13(2)20(15(4)14(12)3)17(23)11-28-21(24)16-7-8-18(27-6)19(10-16)29(25,26)22-5/h7-10,22H,11H2,1-6H3. The van der Waals surface area contributed by atoms with Crippen LogP contribution in [0.25, 0.3) is 0 Å². The van der Waals surface area contributed by atoms with Crippen LogP contribution < -0.4 is 9.46 Å². The molecule has 2 aromatic carbocycles. The van der Waals surface area contributed by atoms with Crippen molar-refractivity contribution in [2.45, 2.75) is 32.6 Å². The number of carbonyl (C=O) groups is 2. The third-order valence-corrected chi connectivity index (χ3v) is 6.36. The molecule has 2 rings (SSSR count). The maximum absolute atomic E-state index is 12.7. The first kappa shape index (κ1) is 22.6. The van der Waals surface area contributed by atoms with Gasteiger partial charge in [-0.05, 0) is 75.2 Å². The van der Waals surface area contributed by atoms with Crippen LogP contribution in [-0.2, 0) is 14.8 Å². The quantitative estimate of drug-likeness (QED) is 0.547. The van der Waals surface area contributed by atoms with E-state index in [1.807, 2.05) is 33.8 Å². The van der Waals surface area contributed by atoms with E-state index in [9.17, 15) is 18.0 Å². The summed E-state index contributed by atoms with van der Waals surface area (Å²) in [5, 5.41) is 0. The Morgan fingerprint density at radius 2 is 1.66 bits per heavy atom. The number of rotatable bonds is 7. The Morgan fingerprint density at radius 3 is 2.24 bits per heavy atom. The van der Waals surface area contributed by atoms with E-state index in [2.05, 4.69) is 4.72 Å². The topological polar surface area (TPSA) is 98.8 Å². The number of sulfonamides is 1. The zero-order valence-electron chi connectivity index (χ0n) is 17.4. The Labute approximate surface area is 171 Å². The van der Waals surface area contributed by atoms with Crippen molar-refractivity contribution in [1.82, 2.24) is 4.72 Å². The third kappa shape index (κ3) is 4.65. The molecule has 0 saturated heterocycles. The normalized spacial score (nSPS) is 11.2. The van der Waals surface area contributed by atoms with E-state index >= 15 is 0 Å². The van der Waals surface area contributed by atoms with Gasteiger partial charge in [-0.15, -0.1) is 0 Å². The van der Waals surface area contributed by atoms with E-state index in [0.717, 1.165) is 28.3 Å². The van der Waals surface area contributed by atoms with Crippen molar-refractivity contribution in [2.75, 3.05) is 20.8 Å². The average molecular weight is 419 g/mol. The van der Waals surface area contributed by atoms with Crippen LogP contribution >= 0.6 is 0 Å². The van der Waals surface area contributed by atoms with Crippen LogP contribution in [0.5, 0.6) is 5.75 Å². The number of ether oxygens (including phenoxy) is 2. The van der Waals surface area contributed by atoms with Crippen LogP contribution in [0.4, 0.5) is 0 Å². The lowest BCUT2D eigenvalue weighted by Crippen LogP contribution is -2.20. The fourth-order valence-electron chi connectivity index (χ4n) is 3.12. The highest BCUT2D eigenvalue weighted by molar-refractivity contribution is 7.89. The summed E-state index contributed by atoms with van der Waals surface area (Å²) in [6, 6.07) is 5.83. The number of benzene rings is 2. The van der Waals surface area contributed by atoms with Crippen LogP contribution in [0.15, 0.2) is 29.2 Å². The largest absolute Gasteiger partial charge is 0.495 e. The van der Waals surface area contributed by atoms with Gasteiger partial charge in [0.1, 0.15) is 10.6 Å². The summed E-state index contributed by atoms with van der Waals surface area (Å²) < 4.78 is 36.7. The number of nitrogens with one attached hydrogen (secondary N) is 1. The van der Waals surface area contributed by atoms with Crippen LogP contribution in [-0.4, -0.2) is 40.9 Å². The second-order valence-electron chi connectivity index (χ2n) is 6.71. The van der Waals surface area contributed by atoms with Gasteiger partial charge in [0.05, 0.1) is 12.7 Å². The maximum atomic E-state index is 12.7. The van der Waals surface area contributed by atoms with Gasteiger partial charge >= 0.3 is 5.97 Å². The molecule has 0 unspecified atom stereocenters. The minimum absolute atomic E-state index is 0.000885. The zero-order chi connectivity index (χ0) is 21.9. The second-order valence-corrected chi connectivity index (χ2v) is 8.56. The summed E-state index contributed by atoms with van der Waals surface area (Å²) in [4.78, 5) is 24.9. The number of Topliss-reactive ketones (excluding diaryl/α,β-unsaturated/α-hetero) is 1. The monoisotopic (exact) mass is 419 g/mol. The first-order chi connectivity index (χ1) is 13.5. The van der Waals surface area contributed by atoms with E-state index in [-0.39, 0.29) is 22.0 Å². The van der Waals surface area contributed by atoms with Crippen LogP contribution in [0, 0.1) is 27.7 Å². The number of hydrogen-bond donors (Lipinski definition) is 1. The average Bonchev–Trinajstić information content (AvgIpc) is 2.69. The first-order valence-electron chi connectivity index (χ1n) is 8.92. The van der Waals surface area contributed by atoms with Crippen molar-refractivity contribution in [2.24, 2.45) is 0 Å². The summed E-state index contributed by atoms with van der Waals surface area (Å²) in [6.07, 6.45) is 0. The molecule has 0 aromatic heterocycles. The summed E-state index contributed by atoms with van der Waals surface area (Å²) in [7, 11) is -1.26. The number of carbonyl (C=O) groups excluding carboxylic acids is 2. The molecule has 7 nitrogen and oxygen atoms in total. The second kappa shape index (κ2) is 8.75. The van der Waals surface area contributed by atoms with Gasteiger partial charge in [-0.2, -0.15) is 0 Å². The van der Waals surface area contributed by atoms with Gasteiger partial charge in [0.25, 0.3) is 0 Å². The zero-order valence-corrected chi connectivity index (χ0v) is 18.2. The van der Waals surface area contributed by atoms with E-state index in [1.165, 1.54) is 26.3 Å². The van der Waals surface area contributed by atoms with Crippen molar-refractivity contribution in [3.8, 4) is 5.75 Å². The number of hydrogen-bond acceptors (Lipinski definition) is 6. The number of esters is 1. The Bertz CT molecular complexity index is 1070. The molecule has 1 N–H and O–H groups in total. The smallest absolute Gasteiger partial charge is 0.338 e. The van der Waals surface area contributed by atoms with Gasteiger partial charge < -0.3 is 9.47 Å². The van der Waals surface area contributed by atoms with Crippen molar-refractivity contribution in [3.63, 3.8) is 0 Å². The third-order valence-electron chi connectivity index (χ3n) is 4.93. The van der Waals surface area contributed by atoms with Gasteiger partial charge in [-0.25, -0.2) is 17.9 Å². The molecule has 0 saturated carbocycles. The Morgan fingerprint density at radius 1 is 1.00 bits per heavy atom. The molecule has 156 valence electrons. The fraction of sp³-hybridized carbons (Fsp3) is 0.333. The summed E-state index contributed by atoms with van der Waals surface area (Å²) in [6.45, 7) is 7.18. The lowest BCUT2D eigenvalue weighted by Gasteiger charge is -2.14. The van der Waals surface area contributed by atoms with E-state index in [4.69, 9.17) is 9.47 Å². The molecule has 0 heterocycles. The van der Waals surface area contributed by atoms with Gasteiger partial charge in [0, 0.05) is 5.56 Å². The van der Waals surface area contributed by atoms with Gasteiger partial charge in [0.2, 0.25) is 15.8 Å². The number of aryl methyl sites for hydroxylation is 2. The van der Waals surface area contributed by atoms with Crippen LogP contribution in [0.2, 0.25) is 0 Å². The molecule has 0 spiro atoms. The molecular weight excluding hydrogens is 394 g/mol. The van der Waals surface area contributed by atoms with Crippen molar-refractivity contribution in [1.29, 1.82) is 0 Å². The highest BCUT2D eigenvalue weighted by atomic mass is 32.2. The lowest BCUT2D eigenvalue weighted by atomic mass is 9.92. The molecule has 0 aliphatic heterocycles. The number of ketones is 1. The molecule has 0 atom stereocenters. The molecule has 0 amide bonds. The molecule has 0 radical (unpaired) electrons. The van der Waals surface area contributed by atoms with Crippen LogP contribution in [0.3, 0.4) is 0 Å². The van der Waals surface area contributed by atoms with Crippen molar-refractivity contribution in [3.05, 3.63) is 57.6 Å². The minimum Gasteiger partial charge on any atom is -0.495 e. The Balaban J connectivity index is 2.25. The fourth-order valence-corrected chi connectivity index (χ4v) is 4.04. The summed E-state index contributed by atoms with van der Waals surface area (Å²) in [5.74, 6) is -1.02. The van der Waals surface area contributed by atoms with Crippen molar-refractivity contribution >= 4 is 21.8 Å². The molecule has 0 bridgehead atoms. The molecule has 2 aromatic rings. The summed E-state index contributed by atoms with van der Waals surface area (Å²) >= 11 is 0. The molecule has 0 fully saturated rings. The molecule has 29 heavy (non-hydrogen) atoms. The van der Waals surface area contributed by atoms with E-state index in [0.29, 0.717) is 5.56 Å². The molecule has 0 aliphatic rings. The number of methoxy groups -OCH3 is 1. The maximum Gasteiger partial charge on any atom is 0.338 e. The molecule has 8 heteroatoms. The van der Waals surface area contributed by atoms with Gasteiger partial charge in [-0.3, -0.25) is 4.79 Å². The predicted molar refractivity (Wildman–Crippen MR) is 109 cm³/mol. The Kier molecular flexibility index (Phi) is 6.81. The van der Waals surface area contributed by atoms with Crippen molar-refractivity contribution < 1.29 is 27.5 Å². The van der Waals surface area contributed by atoms with E-state index < -0.39 is 22.6 Å². The van der Waals surface area contributed by atoms with Crippen LogP contribution in [0.1, 0.15) is 43.0 Å². The molecular formula is C21H25NO6S. The first-order valence-corrected chi connectivity index (χ1v) is 10.4. The highest BCUT2D eigenvalue weighted by Crippen LogP contribution is 2.25. The Hall–Kier alpha value is -2.71. The minimum atomic E-state index is -3.84. The molecule has 0 aliphatic carbocycles. The van der Waals surface area contributed by atoms with Gasteiger partial charge in [-0.1, -0.05) is 6.07 Å². The summed E-state index contributed by atoms with van der Waals surface area (Å²) in [5.41, 5.74) is 4.32. The SMILES string of the molecule is CNS(=O)(=O)c1cc(C(=O)OCC(=O)c2c(C)cc(C)c(C)c2C)ccc1OC. The highest BCUT2D eigenvalue weighted by Gasteiger charge is 2.22. The van der Waals surface area contributed by atoms with Gasteiger partial charge in [0.15, 0.2) is 6.61 Å². The lowest BCUT2D eigenvalue weighted by molar-refractivity contribution is 0.0474.